The van der Waals surface area contributed by atoms with E-state index in [0.29, 0.717) is 24.1 Å². The van der Waals surface area contributed by atoms with E-state index < -0.39 is 9.84 Å². The van der Waals surface area contributed by atoms with Crippen molar-refractivity contribution in [1.29, 1.82) is 10.5 Å². The summed E-state index contributed by atoms with van der Waals surface area (Å²) in [5, 5.41) is 18.4. The second-order valence-electron chi connectivity index (χ2n) is 7.23. The highest BCUT2D eigenvalue weighted by Crippen LogP contribution is 2.46. The van der Waals surface area contributed by atoms with E-state index in [0.717, 1.165) is 28.7 Å². The predicted octanol–water partition coefficient (Wildman–Crippen LogP) is 3.25. The van der Waals surface area contributed by atoms with Gasteiger partial charge in [-0.15, -0.1) is 0 Å². The van der Waals surface area contributed by atoms with Crippen LogP contribution in [0.4, 0.5) is 0 Å². The van der Waals surface area contributed by atoms with Crippen LogP contribution in [0.3, 0.4) is 0 Å². The van der Waals surface area contributed by atoms with Gasteiger partial charge in [0, 0.05) is 11.0 Å². The minimum absolute atomic E-state index is 0.141. The Labute approximate surface area is 158 Å². The molecule has 0 amide bonds. The maximum atomic E-state index is 11.9. The second kappa shape index (κ2) is 6.33. The molecule has 0 atom stereocenters. The van der Waals surface area contributed by atoms with Gasteiger partial charge in [0.2, 0.25) is 6.19 Å². The van der Waals surface area contributed by atoms with Crippen molar-refractivity contribution in [1.82, 2.24) is 0 Å². The Balaban J connectivity index is 1.78. The first kappa shape index (κ1) is 17.5. The summed E-state index contributed by atoms with van der Waals surface area (Å²) in [6.07, 6.45) is 3.64. The Morgan fingerprint density at radius 2 is 1.74 bits per heavy atom. The summed E-state index contributed by atoms with van der Waals surface area (Å²) < 4.78 is 23.8. The number of nitrogens with zero attached hydrogens (tertiary/aromatic N) is 3. The van der Waals surface area contributed by atoms with E-state index in [1.807, 2.05) is 42.6 Å². The standard InChI is InChI=1S/C21H17N3O2S/c22-13-15-2-1-3-16(10-15)17-4-5-18-12-21(6-8-27(25,26)9-7-21)20(24-14-23)19(18)11-17/h1-5,10-11H,6-9,12H2/b24-20-. The van der Waals surface area contributed by atoms with Crippen LogP contribution < -0.4 is 0 Å². The number of nitriles is 2. The Morgan fingerprint density at radius 1 is 1.00 bits per heavy atom. The third-order valence-corrected chi connectivity index (χ3v) is 7.32. The summed E-state index contributed by atoms with van der Waals surface area (Å²) >= 11 is 0. The molecule has 4 rings (SSSR count). The predicted molar refractivity (Wildman–Crippen MR) is 103 cm³/mol. The minimum Gasteiger partial charge on any atom is -0.229 e. The third-order valence-electron chi connectivity index (χ3n) is 5.67. The van der Waals surface area contributed by atoms with Crippen molar-refractivity contribution in [3.63, 3.8) is 0 Å². The van der Waals surface area contributed by atoms with E-state index in [1.54, 1.807) is 6.07 Å². The van der Waals surface area contributed by atoms with Crippen molar-refractivity contribution in [3.8, 4) is 23.4 Å². The Kier molecular flexibility index (Phi) is 4.09. The molecule has 1 heterocycles. The fraction of sp³-hybridized carbons (Fsp3) is 0.286. The summed E-state index contributed by atoms with van der Waals surface area (Å²) in [7, 11) is -3.00. The van der Waals surface area contributed by atoms with Gasteiger partial charge in [-0.25, -0.2) is 8.42 Å². The van der Waals surface area contributed by atoms with Gasteiger partial charge in [-0.05, 0) is 54.2 Å². The van der Waals surface area contributed by atoms with Crippen molar-refractivity contribution < 1.29 is 8.42 Å². The molecule has 1 saturated heterocycles. The van der Waals surface area contributed by atoms with Crippen molar-refractivity contribution >= 4 is 15.5 Å². The van der Waals surface area contributed by atoms with Crippen LogP contribution in [0.25, 0.3) is 11.1 Å². The Hall–Kier alpha value is -2.96. The zero-order valence-corrected chi connectivity index (χ0v) is 15.5. The molecular formula is C21H17N3O2S. The largest absolute Gasteiger partial charge is 0.229 e. The van der Waals surface area contributed by atoms with Crippen LogP contribution in [0.1, 0.15) is 29.5 Å². The summed E-state index contributed by atoms with van der Waals surface area (Å²) in [4.78, 5) is 4.13. The molecule has 1 spiro atoms. The van der Waals surface area contributed by atoms with E-state index in [1.165, 1.54) is 0 Å². The van der Waals surface area contributed by atoms with Crippen LogP contribution in [-0.4, -0.2) is 25.6 Å². The summed E-state index contributed by atoms with van der Waals surface area (Å²) in [5.41, 5.74) is 4.86. The molecule has 0 unspecified atom stereocenters. The zero-order valence-electron chi connectivity index (χ0n) is 14.6. The zero-order chi connectivity index (χ0) is 19.1. The average molecular weight is 375 g/mol. The highest BCUT2D eigenvalue weighted by atomic mass is 32.2. The van der Waals surface area contributed by atoms with Crippen molar-refractivity contribution in [2.75, 3.05) is 11.5 Å². The lowest BCUT2D eigenvalue weighted by Gasteiger charge is -2.33. The summed E-state index contributed by atoms with van der Waals surface area (Å²) in [5.74, 6) is 0.283. The number of fused-ring (bicyclic) bond motifs is 1. The average Bonchev–Trinajstić information content (AvgIpc) is 2.98. The topological polar surface area (TPSA) is 94.1 Å². The fourth-order valence-corrected chi connectivity index (χ4v) is 5.81. The second-order valence-corrected chi connectivity index (χ2v) is 9.54. The maximum absolute atomic E-state index is 11.9. The number of rotatable bonds is 1. The molecule has 27 heavy (non-hydrogen) atoms. The van der Waals surface area contributed by atoms with Crippen LogP contribution in [0.5, 0.6) is 0 Å². The van der Waals surface area contributed by atoms with Crippen molar-refractivity contribution in [2.24, 2.45) is 10.4 Å². The molecule has 0 saturated carbocycles. The quantitative estimate of drug-likeness (QED) is 0.715. The SMILES string of the molecule is N#C/N=C1/c2cc(-c3cccc(C#N)c3)ccc2CC12CCS(=O)(=O)CC2. The van der Waals surface area contributed by atoms with Crippen LogP contribution >= 0.6 is 0 Å². The van der Waals surface area contributed by atoms with Gasteiger partial charge >= 0.3 is 0 Å². The molecule has 2 aromatic rings. The van der Waals surface area contributed by atoms with Crippen molar-refractivity contribution in [2.45, 2.75) is 19.3 Å². The van der Waals surface area contributed by atoms with Gasteiger partial charge in [0.05, 0.1) is 28.9 Å². The molecule has 0 aromatic heterocycles. The van der Waals surface area contributed by atoms with Gasteiger partial charge in [0.15, 0.2) is 0 Å². The number of hydrogen-bond donors (Lipinski definition) is 0. The van der Waals surface area contributed by atoms with Crippen LogP contribution in [0.2, 0.25) is 0 Å². The molecule has 0 bridgehead atoms. The van der Waals surface area contributed by atoms with Crippen LogP contribution in [0.15, 0.2) is 47.5 Å². The Morgan fingerprint density at radius 3 is 2.44 bits per heavy atom. The molecule has 1 fully saturated rings. The normalized spacial score (nSPS) is 20.7. The molecular weight excluding hydrogens is 358 g/mol. The monoisotopic (exact) mass is 375 g/mol. The van der Waals surface area contributed by atoms with Crippen molar-refractivity contribution in [3.05, 3.63) is 59.2 Å². The van der Waals surface area contributed by atoms with E-state index in [-0.39, 0.29) is 16.9 Å². The number of hydrogen-bond acceptors (Lipinski definition) is 5. The summed E-state index contributed by atoms with van der Waals surface area (Å²) in [6, 6.07) is 15.6. The molecule has 0 N–H and O–H groups in total. The van der Waals surface area contributed by atoms with E-state index >= 15 is 0 Å². The van der Waals surface area contributed by atoms with Gasteiger partial charge in [0.1, 0.15) is 9.84 Å². The smallest absolute Gasteiger partial charge is 0.205 e. The van der Waals surface area contributed by atoms with Gasteiger partial charge in [0.25, 0.3) is 0 Å². The lowest BCUT2D eigenvalue weighted by molar-refractivity contribution is 0.383. The molecule has 1 aliphatic carbocycles. The molecule has 1 aliphatic heterocycles. The highest BCUT2D eigenvalue weighted by molar-refractivity contribution is 7.91. The summed E-state index contributed by atoms with van der Waals surface area (Å²) in [6.45, 7) is 0. The van der Waals surface area contributed by atoms with Gasteiger partial charge in [-0.3, -0.25) is 0 Å². The molecule has 6 heteroatoms. The highest BCUT2D eigenvalue weighted by Gasteiger charge is 2.47. The minimum atomic E-state index is -3.00. The third kappa shape index (κ3) is 3.03. The first-order chi connectivity index (χ1) is 13.0. The van der Waals surface area contributed by atoms with Crippen LogP contribution in [-0.2, 0) is 16.3 Å². The number of benzene rings is 2. The first-order valence-corrected chi connectivity index (χ1v) is 10.6. The molecule has 134 valence electrons. The van der Waals surface area contributed by atoms with Gasteiger partial charge < -0.3 is 0 Å². The van der Waals surface area contributed by atoms with E-state index in [2.05, 4.69) is 11.1 Å². The Bertz CT molecular complexity index is 1140. The lowest BCUT2D eigenvalue weighted by Crippen LogP contribution is -2.38. The van der Waals surface area contributed by atoms with E-state index in [9.17, 15) is 13.7 Å². The number of aliphatic imine (C=N–C) groups is 1. The van der Waals surface area contributed by atoms with Gasteiger partial charge in [-0.2, -0.15) is 15.5 Å². The molecule has 2 aliphatic rings. The molecule has 0 radical (unpaired) electrons. The molecule has 5 nitrogen and oxygen atoms in total. The maximum Gasteiger partial charge on any atom is 0.205 e. The van der Waals surface area contributed by atoms with Gasteiger partial charge in [-0.1, -0.05) is 24.3 Å². The molecule has 2 aromatic carbocycles. The van der Waals surface area contributed by atoms with Crippen LogP contribution in [0, 0.1) is 28.2 Å². The first-order valence-electron chi connectivity index (χ1n) is 8.78. The number of sulfone groups is 1. The van der Waals surface area contributed by atoms with E-state index in [4.69, 9.17) is 5.26 Å². The lowest BCUT2D eigenvalue weighted by atomic mass is 9.77. The fourth-order valence-electron chi connectivity index (χ4n) is 4.20.